The number of hydrogen-bond acceptors (Lipinski definition) is 3. The van der Waals surface area contributed by atoms with Crippen LogP contribution in [0.25, 0.3) is 0 Å². The molecule has 3 unspecified atom stereocenters. The van der Waals surface area contributed by atoms with Crippen LogP contribution in [0.4, 0.5) is 13.2 Å². The minimum Gasteiger partial charge on any atom is -0.313 e. The molecule has 1 aliphatic carbocycles. The van der Waals surface area contributed by atoms with Crippen LogP contribution in [0.15, 0.2) is 18.7 Å². The maximum absolute atomic E-state index is 12.8. The Morgan fingerprint density at radius 1 is 1.26 bits per heavy atom. The van der Waals surface area contributed by atoms with Gasteiger partial charge in [0.25, 0.3) is 0 Å². The first-order valence-corrected chi connectivity index (χ1v) is 6.51. The zero-order valence-electron chi connectivity index (χ0n) is 10.8. The van der Waals surface area contributed by atoms with E-state index in [2.05, 4.69) is 15.3 Å². The van der Waals surface area contributed by atoms with Crippen LogP contribution < -0.4 is 5.32 Å². The molecule has 1 aromatic heterocycles. The third kappa shape index (κ3) is 3.43. The Morgan fingerprint density at radius 2 is 1.95 bits per heavy atom. The molecule has 0 radical (unpaired) electrons. The predicted octanol–water partition coefficient (Wildman–Crippen LogP) is 3.11. The summed E-state index contributed by atoms with van der Waals surface area (Å²) in [5.74, 6) is -1.19. The summed E-state index contributed by atoms with van der Waals surface area (Å²) >= 11 is 0. The van der Waals surface area contributed by atoms with Crippen molar-refractivity contribution in [3.05, 3.63) is 24.3 Å². The first kappa shape index (κ1) is 14.2. The molecular formula is C13H18F3N3. The Kier molecular flexibility index (Phi) is 4.39. The summed E-state index contributed by atoms with van der Waals surface area (Å²) in [5.41, 5.74) is 0.859. The van der Waals surface area contributed by atoms with Crippen molar-refractivity contribution in [2.75, 3.05) is 7.05 Å². The highest BCUT2D eigenvalue weighted by atomic mass is 19.4. The van der Waals surface area contributed by atoms with Crippen molar-refractivity contribution in [2.45, 2.75) is 37.9 Å². The van der Waals surface area contributed by atoms with Gasteiger partial charge >= 0.3 is 6.18 Å². The Morgan fingerprint density at radius 3 is 2.53 bits per heavy atom. The number of hydrogen-bond donors (Lipinski definition) is 1. The lowest BCUT2D eigenvalue weighted by molar-refractivity contribution is -0.186. The topological polar surface area (TPSA) is 37.8 Å². The maximum atomic E-state index is 12.8. The van der Waals surface area contributed by atoms with Crippen molar-refractivity contribution in [3.63, 3.8) is 0 Å². The number of halogens is 3. The van der Waals surface area contributed by atoms with Gasteiger partial charge < -0.3 is 5.32 Å². The summed E-state index contributed by atoms with van der Waals surface area (Å²) in [4.78, 5) is 7.89. The van der Waals surface area contributed by atoms with Gasteiger partial charge in [0, 0.05) is 24.0 Å². The quantitative estimate of drug-likeness (QED) is 0.919. The van der Waals surface area contributed by atoms with Gasteiger partial charge in [0.15, 0.2) is 0 Å². The average Bonchev–Trinajstić information content (AvgIpc) is 2.40. The Balaban J connectivity index is 2.11. The van der Waals surface area contributed by atoms with E-state index in [1.54, 1.807) is 19.4 Å². The van der Waals surface area contributed by atoms with E-state index in [9.17, 15) is 13.2 Å². The molecule has 0 spiro atoms. The normalized spacial score (nSPS) is 26.1. The van der Waals surface area contributed by atoms with E-state index in [-0.39, 0.29) is 24.8 Å². The molecular weight excluding hydrogens is 255 g/mol. The highest BCUT2D eigenvalue weighted by molar-refractivity contribution is 5.11. The fraction of sp³-hybridized carbons (Fsp3) is 0.692. The lowest BCUT2D eigenvalue weighted by Gasteiger charge is -2.35. The molecule has 0 aliphatic heterocycles. The van der Waals surface area contributed by atoms with Crippen LogP contribution >= 0.6 is 0 Å². The van der Waals surface area contributed by atoms with Crippen LogP contribution in [0.1, 0.15) is 37.3 Å². The van der Waals surface area contributed by atoms with Gasteiger partial charge in [0.05, 0.1) is 5.92 Å². The maximum Gasteiger partial charge on any atom is 0.391 e. The summed E-state index contributed by atoms with van der Waals surface area (Å²) in [6.45, 7) is 0. The van der Waals surface area contributed by atoms with E-state index in [0.717, 1.165) is 12.0 Å². The third-order valence-electron chi connectivity index (χ3n) is 3.90. The third-order valence-corrected chi connectivity index (χ3v) is 3.90. The van der Waals surface area contributed by atoms with Crippen LogP contribution in [0.3, 0.4) is 0 Å². The smallest absolute Gasteiger partial charge is 0.313 e. The summed E-state index contributed by atoms with van der Waals surface area (Å²) in [6.07, 6.45) is 2.57. The van der Waals surface area contributed by atoms with Gasteiger partial charge in [-0.2, -0.15) is 13.2 Å². The zero-order valence-corrected chi connectivity index (χ0v) is 10.8. The summed E-state index contributed by atoms with van der Waals surface area (Å²) < 4.78 is 38.5. The molecule has 0 bridgehead atoms. The van der Waals surface area contributed by atoms with E-state index in [1.807, 2.05) is 0 Å². The van der Waals surface area contributed by atoms with Crippen LogP contribution in [0.2, 0.25) is 0 Å². The first-order valence-electron chi connectivity index (χ1n) is 6.51. The van der Waals surface area contributed by atoms with Crippen molar-refractivity contribution < 1.29 is 13.2 Å². The molecule has 1 aromatic rings. The molecule has 1 fully saturated rings. The number of rotatable bonds is 3. The second-order valence-electron chi connectivity index (χ2n) is 5.10. The van der Waals surface area contributed by atoms with Crippen molar-refractivity contribution in [1.29, 1.82) is 0 Å². The monoisotopic (exact) mass is 273 g/mol. The predicted molar refractivity (Wildman–Crippen MR) is 65.3 cm³/mol. The SMILES string of the molecule is CNC(c1cncnc1)C1CCCC(C(F)(F)F)C1. The Bertz CT molecular complexity index is 394. The van der Waals surface area contributed by atoms with E-state index in [0.29, 0.717) is 6.42 Å². The lowest BCUT2D eigenvalue weighted by atomic mass is 9.76. The van der Waals surface area contributed by atoms with Gasteiger partial charge in [-0.1, -0.05) is 6.42 Å². The molecule has 6 heteroatoms. The Labute approximate surface area is 110 Å². The molecule has 1 aliphatic rings. The van der Waals surface area contributed by atoms with Crippen LogP contribution in [-0.2, 0) is 0 Å². The van der Waals surface area contributed by atoms with Crippen LogP contribution in [-0.4, -0.2) is 23.2 Å². The summed E-state index contributed by atoms with van der Waals surface area (Å²) in [6, 6.07) is -0.105. The highest BCUT2D eigenvalue weighted by Gasteiger charge is 2.43. The van der Waals surface area contributed by atoms with E-state index < -0.39 is 12.1 Å². The summed E-state index contributed by atoms with van der Waals surface area (Å²) in [7, 11) is 1.77. The van der Waals surface area contributed by atoms with Gasteiger partial charge in [0.2, 0.25) is 0 Å². The molecule has 0 aromatic carbocycles. The molecule has 1 heterocycles. The second-order valence-corrected chi connectivity index (χ2v) is 5.10. The molecule has 2 rings (SSSR count). The van der Waals surface area contributed by atoms with Crippen LogP contribution in [0.5, 0.6) is 0 Å². The van der Waals surface area contributed by atoms with Crippen molar-refractivity contribution in [1.82, 2.24) is 15.3 Å². The molecule has 0 amide bonds. The van der Waals surface area contributed by atoms with Crippen molar-refractivity contribution in [3.8, 4) is 0 Å². The fourth-order valence-electron chi connectivity index (χ4n) is 2.97. The molecule has 3 nitrogen and oxygen atoms in total. The van der Waals surface area contributed by atoms with Crippen molar-refractivity contribution in [2.24, 2.45) is 11.8 Å². The molecule has 19 heavy (non-hydrogen) atoms. The largest absolute Gasteiger partial charge is 0.391 e. The number of aromatic nitrogens is 2. The van der Waals surface area contributed by atoms with Gasteiger partial charge in [-0.05, 0) is 32.2 Å². The molecule has 3 atom stereocenters. The van der Waals surface area contributed by atoms with E-state index in [4.69, 9.17) is 0 Å². The zero-order chi connectivity index (χ0) is 13.9. The number of nitrogens with one attached hydrogen (secondary N) is 1. The average molecular weight is 273 g/mol. The second kappa shape index (κ2) is 5.86. The molecule has 106 valence electrons. The van der Waals surface area contributed by atoms with Gasteiger partial charge in [-0.25, -0.2) is 9.97 Å². The van der Waals surface area contributed by atoms with E-state index in [1.165, 1.54) is 6.33 Å². The van der Waals surface area contributed by atoms with Gasteiger partial charge in [0.1, 0.15) is 6.33 Å². The lowest BCUT2D eigenvalue weighted by Crippen LogP contribution is -2.34. The molecule has 1 saturated carbocycles. The fourth-order valence-corrected chi connectivity index (χ4v) is 2.97. The summed E-state index contributed by atoms with van der Waals surface area (Å²) in [5, 5.41) is 3.11. The first-order chi connectivity index (χ1) is 9.02. The number of alkyl halides is 3. The Hall–Kier alpha value is -1.17. The minimum absolute atomic E-state index is 0.0172. The number of nitrogens with zero attached hydrogens (tertiary/aromatic N) is 2. The van der Waals surface area contributed by atoms with Crippen molar-refractivity contribution >= 4 is 0 Å². The molecule has 0 saturated heterocycles. The minimum atomic E-state index is -4.08. The standard InChI is InChI=1S/C13H18F3N3/c1-17-12(10-6-18-8-19-7-10)9-3-2-4-11(5-9)13(14,15)16/h6-9,11-12,17H,2-5H2,1H3. The van der Waals surface area contributed by atoms with Gasteiger partial charge in [-0.3, -0.25) is 0 Å². The van der Waals surface area contributed by atoms with Crippen LogP contribution in [0, 0.1) is 11.8 Å². The van der Waals surface area contributed by atoms with E-state index >= 15 is 0 Å². The highest BCUT2D eigenvalue weighted by Crippen LogP contribution is 2.43. The van der Waals surface area contributed by atoms with Gasteiger partial charge in [-0.15, -0.1) is 0 Å². The molecule has 1 N–H and O–H groups in total.